The highest BCUT2D eigenvalue weighted by molar-refractivity contribution is 7.99. The van der Waals surface area contributed by atoms with Crippen molar-refractivity contribution < 1.29 is 14.9 Å². The Morgan fingerprint density at radius 1 is 1.17 bits per heavy atom. The van der Waals surface area contributed by atoms with Gasteiger partial charge < -0.3 is 20.7 Å². The molecular weight excluding hydrogens is 310 g/mol. The number of ether oxygens (including phenoxy) is 1. The standard InChI is InChI=1S/C18H21NO3S/c1-22-17-12-16(21)15(20)11-14(17)18(23-10-9-19)8-7-13-5-3-2-4-6-13/h2-8,11-12,18,20-21H,9-10,19H2,1H3/b8-7+. The Hall–Kier alpha value is -2.11. The van der Waals surface area contributed by atoms with Gasteiger partial charge in [0, 0.05) is 23.9 Å². The second kappa shape index (κ2) is 8.50. The SMILES string of the molecule is COc1cc(O)c(O)cc1C(/C=C/c1ccccc1)SCCN. The molecule has 2 aromatic rings. The lowest BCUT2D eigenvalue weighted by atomic mass is 10.1. The first kappa shape index (κ1) is 17.2. The minimum atomic E-state index is -0.194. The summed E-state index contributed by atoms with van der Waals surface area (Å²) in [6, 6.07) is 12.9. The number of phenols is 2. The Labute approximate surface area is 140 Å². The maximum atomic E-state index is 9.82. The largest absolute Gasteiger partial charge is 0.504 e. The van der Waals surface area contributed by atoms with Gasteiger partial charge in [-0.1, -0.05) is 42.5 Å². The number of benzene rings is 2. The molecule has 0 aliphatic rings. The minimum absolute atomic E-state index is 0.0415. The quantitative estimate of drug-likeness (QED) is 0.677. The summed E-state index contributed by atoms with van der Waals surface area (Å²) in [6.45, 7) is 0.562. The van der Waals surface area contributed by atoms with Gasteiger partial charge in [-0.3, -0.25) is 0 Å². The van der Waals surface area contributed by atoms with Crippen LogP contribution in [0.5, 0.6) is 17.2 Å². The number of rotatable bonds is 7. The summed E-state index contributed by atoms with van der Waals surface area (Å²) in [6.07, 6.45) is 4.07. The molecule has 0 aliphatic carbocycles. The normalized spacial score (nSPS) is 12.4. The van der Waals surface area contributed by atoms with Crippen molar-refractivity contribution in [1.29, 1.82) is 0 Å². The highest BCUT2D eigenvalue weighted by Gasteiger charge is 2.17. The van der Waals surface area contributed by atoms with Crippen molar-refractivity contribution in [3.05, 3.63) is 59.7 Å². The molecule has 2 aromatic carbocycles. The van der Waals surface area contributed by atoms with Gasteiger partial charge in [0.1, 0.15) is 5.75 Å². The molecule has 0 aliphatic heterocycles. The molecule has 23 heavy (non-hydrogen) atoms. The number of hydrogen-bond acceptors (Lipinski definition) is 5. The fourth-order valence-electron chi connectivity index (χ4n) is 2.18. The lowest BCUT2D eigenvalue weighted by molar-refractivity contribution is 0.383. The third kappa shape index (κ3) is 4.68. The summed E-state index contributed by atoms with van der Waals surface area (Å²) < 4.78 is 5.34. The maximum Gasteiger partial charge on any atom is 0.161 e. The van der Waals surface area contributed by atoms with E-state index in [4.69, 9.17) is 10.5 Å². The van der Waals surface area contributed by atoms with Crippen LogP contribution in [0.15, 0.2) is 48.5 Å². The van der Waals surface area contributed by atoms with Gasteiger partial charge in [-0.05, 0) is 11.6 Å². The Bertz CT molecular complexity index is 659. The molecule has 4 N–H and O–H groups in total. The van der Waals surface area contributed by atoms with Gasteiger partial charge in [0.05, 0.1) is 12.4 Å². The molecule has 4 nitrogen and oxygen atoms in total. The second-order valence-corrected chi connectivity index (χ2v) is 6.18. The summed E-state index contributed by atoms with van der Waals surface area (Å²) in [4.78, 5) is 0. The van der Waals surface area contributed by atoms with Crippen LogP contribution in [0.4, 0.5) is 0 Å². The molecule has 0 bridgehead atoms. The van der Waals surface area contributed by atoms with Crippen molar-refractivity contribution in [2.45, 2.75) is 5.25 Å². The van der Waals surface area contributed by atoms with Crippen LogP contribution in [0.2, 0.25) is 0 Å². The van der Waals surface area contributed by atoms with E-state index in [1.165, 1.54) is 12.1 Å². The second-order valence-electron chi connectivity index (χ2n) is 4.93. The maximum absolute atomic E-state index is 9.82. The van der Waals surface area contributed by atoms with E-state index in [1.807, 2.05) is 42.5 Å². The Kier molecular flexibility index (Phi) is 6.38. The first-order valence-electron chi connectivity index (χ1n) is 7.30. The number of nitrogens with two attached hydrogens (primary N) is 1. The zero-order valence-corrected chi connectivity index (χ0v) is 13.8. The molecule has 1 unspecified atom stereocenters. The summed E-state index contributed by atoms with van der Waals surface area (Å²) in [5, 5.41) is 19.4. The Morgan fingerprint density at radius 3 is 2.52 bits per heavy atom. The van der Waals surface area contributed by atoms with Crippen LogP contribution in [-0.4, -0.2) is 29.6 Å². The molecule has 0 spiro atoms. The van der Waals surface area contributed by atoms with Crippen molar-refractivity contribution in [3.8, 4) is 17.2 Å². The topological polar surface area (TPSA) is 75.7 Å². The van der Waals surface area contributed by atoms with Gasteiger partial charge in [-0.15, -0.1) is 11.8 Å². The molecular formula is C18H21NO3S. The summed E-state index contributed by atoms with van der Waals surface area (Å²) in [5.74, 6) is 0.953. The fourth-order valence-corrected chi connectivity index (χ4v) is 3.12. The Balaban J connectivity index is 2.34. The van der Waals surface area contributed by atoms with Crippen LogP contribution >= 0.6 is 11.8 Å². The fraction of sp³-hybridized carbons (Fsp3) is 0.222. The van der Waals surface area contributed by atoms with Crippen molar-refractivity contribution >= 4 is 17.8 Å². The number of thioether (sulfide) groups is 1. The van der Waals surface area contributed by atoms with Gasteiger partial charge in [0.25, 0.3) is 0 Å². The van der Waals surface area contributed by atoms with Crippen molar-refractivity contribution in [3.63, 3.8) is 0 Å². The van der Waals surface area contributed by atoms with E-state index in [0.29, 0.717) is 12.3 Å². The van der Waals surface area contributed by atoms with Crippen LogP contribution in [0.3, 0.4) is 0 Å². The van der Waals surface area contributed by atoms with E-state index in [-0.39, 0.29) is 16.7 Å². The molecule has 2 rings (SSSR count). The van der Waals surface area contributed by atoms with Crippen molar-refractivity contribution in [2.24, 2.45) is 5.73 Å². The van der Waals surface area contributed by atoms with Gasteiger partial charge in [-0.25, -0.2) is 0 Å². The Morgan fingerprint density at radius 2 is 1.87 bits per heavy atom. The molecule has 0 saturated carbocycles. The van der Waals surface area contributed by atoms with E-state index < -0.39 is 0 Å². The third-order valence-electron chi connectivity index (χ3n) is 3.31. The molecule has 0 saturated heterocycles. The molecule has 0 amide bonds. The molecule has 0 fully saturated rings. The van der Waals surface area contributed by atoms with Gasteiger partial charge >= 0.3 is 0 Å². The van der Waals surface area contributed by atoms with E-state index in [2.05, 4.69) is 0 Å². The van der Waals surface area contributed by atoms with Crippen LogP contribution in [0.1, 0.15) is 16.4 Å². The number of phenolic OH excluding ortho intramolecular Hbond substituents is 2. The van der Waals surface area contributed by atoms with Crippen molar-refractivity contribution in [2.75, 3.05) is 19.4 Å². The molecule has 0 radical (unpaired) electrons. The highest BCUT2D eigenvalue weighted by atomic mass is 32.2. The third-order valence-corrected chi connectivity index (χ3v) is 4.55. The monoisotopic (exact) mass is 331 g/mol. The summed E-state index contributed by atoms with van der Waals surface area (Å²) in [7, 11) is 1.54. The molecule has 5 heteroatoms. The van der Waals surface area contributed by atoms with Gasteiger partial charge in [0.15, 0.2) is 11.5 Å². The first-order valence-corrected chi connectivity index (χ1v) is 8.35. The van der Waals surface area contributed by atoms with E-state index in [9.17, 15) is 10.2 Å². The number of methoxy groups -OCH3 is 1. The summed E-state index contributed by atoms with van der Waals surface area (Å²) >= 11 is 1.65. The van der Waals surface area contributed by atoms with Crippen LogP contribution < -0.4 is 10.5 Å². The summed E-state index contributed by atoms with van der Waals surface area (Å²) in [5.41, 5.74) is 7.51. The van der Waals surface area contributed by atoms with Gasteiger partial charge in [-0.2, -0.15) is 0 Å². The van der Waals surface area contributed by atoms with E-state index in [1.54, 1.807) is 18.9 Å². The molecule has 122 valence electrons. The average molecular weight is 331 g/mol. The molecule has 0 aromatic heterocycles. The molecule has 1 atom stereocenters. The van der Waals surface area contributed by atoms with E-state index >= 15 is 0 Å². The van der Waals surface area contributed by atoms with Gasteiger partial charge in [0.2, 0.25) is 0 Å². The lowest BCUT2D eigenvalue weighted by Crippen LogP contribution is -2.04. The zero-order chi connectivity index (χ0) is 16.7. The first-order chi connectivity index (χ1) is 11.2. The lowest BCUT2D eigenvalue weighted by Gasteiger charge is -2.17. The predicted octanol–water partition coefficient (Wildman–Crippen LogP) is 3.55. The predicted molar refractivity (Wildman–Crippen MR) is 96.1 cm³/mol. The number of hydrogen-bond donors (Lipinski definition) is 3. The average Bonchev–Trinajstić information content (AvgIpc) is 2.58. The smallest absolute Gasteiger partial charge is 0.161 e. The molecule has 0 heterocycles. The van der Waals surface area contributed by atoms with Crippen LogP contribution in [-0.2, 0) is 0 Å². The van der Waals surface area contributed by atoms with E-state index in [0.717, 1.165) is 16.9 Å². The van der Waals surface area contributed by atoms with Crippen molar-refractivity contribution in [1.82, 2.24) is 0 Å². The zero-order valence-electron chi connectivity index (χ0n) is 13.0. The van der Waals surface area contributed by atoms with Crippen LogP contribution in [0.25, 0.3) is 6.08 Å². The minimum Gasteiger partial charge on any atom is -0.504 e. The number of aromatic hydroxyl groups is 2. The highest BCUT2D eigenvalue weighted by Crippen LogP contribution is 2.41. The van der Waals surface area contributed by atoms with Crippen LogP contribution in [0, 0.1) is 0 Å².